The second kappa shape index (κ2) is 7.95. The van der Waals surface area contributed by atoms with E-state index in [9.17, 15) is 23.3 Å². The van der Waals surface area contributed by atoms with Crippen molar-refractivity contribution < 1.29 is 28.4 Å². The number of aliphatic hydroxyl groups is 3. The molecule has 0 amide bonds. The Morgan fingerprint density at radius 2 is 1.83 bits per heavy atom. The summed E-state index contributed by atoms with van der Waals surface area (Å²) >= 11 is 0. The van der Waals surface area contributed by atoms with E-state index in [1.807, 2.05) is 13.8 Å². The Bertz CT molecular complexity index is 347. The van der Waals surface area contributed by atoms with E-state index in [0.717, 1.165) is 0 Å². The van der Waals surface area contributed by atoms with Gasteiger partial charge in [-0.05, 0) is 0 Å². The average molecular weight is 281 g/mol. The number of hydrogen-bond acceptors (Lipinski definition) is 7. The van der Waals surface area contributed by atoms with Gasteiger partial charge in [0.1, 0.15) is 0 Å². The van der Waals surface area contributed by atoms with Crippen LogP contribution in [0.25, 0.3) is 0 Å². The molecule has 3 unspecified atom stereocenters. The Hall–Kier alpha value is -0.345. The van der Waals surface area contributed by atoms with E-state index in [4.69, 9.17) is 5.11 Å². The molecule has 3 atom stereocenters. The second-order valence-electron chi connectivity index (χ2n) is 4.56. The predicted octanol–water partition coefficient (Wildman–Crippen LogP) is -1.96. The Labute approximate surface area is 107 Å². The molecule has 0 saturated carbocycles. The number of aliphatic hydroxyl groups excluding tert-OH is 3. The van der Waals surface area contributed by atoms with Crippen molar-refractivity contribution in [1.29, 1.82) is 0 Å². The fraction of sp³-hybridized carbons (Fsp3) is 1.00. The zero-order chi connectivity index (χ0) is 14.3. The molecule has 0 heterocycles. The van der Waals surface area contributed by atoms with Gasteiger partial charge in [0.2, 0.25) is 0 Å². The van der Waals surface area contributed by atoms with Crippen LogP contribution in [0.2, 0.25) is 0 Å². The minimum atomic E-state index is -4.35. The predicted molar refractivity (Wildman–Crippen MR) is 65.7 cm³/mol. The molecule has 0 radical (unpaired) electrons. The summed E-state index contributed by atoms with van der Waals surface area (Å²) in [6.07, 6.45) is -1.38. The summed E-state index contributed by atoms with van der Waals surface area (Å²) in [5, 5.41) is 30.5. The van der Waals surface area contributed by atoms with Crippen LogP contribution < -0.4 is 5.32 Å². The molecular weight excluding hydrogens is 261 g/mol. The van der Waals surface area contributed by atoms with E-state index in [1.165, 1.54) is 0 Å². The number of nitrogens with one attached hydrogen (secondary N) is 1. The van der Waals surface area contributed by atoms with Crippen LogP contribution in [0.4, 0.5) is 0 Å². The quantitative estimate of drug-likeness (QED) is 0.362. The zero-order valence-corrected chi connectivity index (χ0v) is 11.3. The first kappa shape index (κ1) is 17.7. The van der Waals surface area contributed by atoms with Crippen molar-refractivity contribution in [3.8, 4) is 0 Å². The summed E-state index contributed by atoms with van der Waals surface area (Å²) in [7, 11) is -4.35. The zero-order valence-electron chi connectivity index (χ0n) is 10.5. The summed E-state index contributed by atoms with van der Waals surface area (Å²) < 4.78 is 32.1. The molecule has 0 aromatic heterocycles. The van der Waals surface area contributed by atoms with Gasteiger partial charge >= 0.3 is 107 Å². The Morgan fingerprint density at radius 1 is 1.28 bits per heavy atom. The molecule has 0 aliphatic carbocycles. The van der Waals surface area contributed by atoms with Gasteiger partial charge in [0.05, 0.1) is 0 Å². The van der Waals surface area contributed by atoms with Crippen LogP contribution in [0.1, 0.15) is 20.3 Å². The van der Waals surface area contributed by atoms with Crippen LogP contribution in [-0.2, 0) is 14.4 Å². The molecule has 4 N–H and O–H groups in total. The van der Waals surface area contributed by atoms with Gasteiger partial charge in [-0.15, -0.1) is 0 Å². The normalized spacial score (nSPS) is 17.2. The molecule has 106 valence electrons. The molecule has 0 aromatic carbocycles. The Morgan fingerprint density at radius 3 is 2.22 bits per heavy atom. The molecule has 0 fully saturated rings. The molecule has 0 aromatic rings. The molecule has 0 saturated heterocycles. The van der Waals surface area contributed by atoms with Crippen molar-refractivity contribution in [2.45, 2.75) is 37.9 Å². The van der Waals surface area contributed by atoms with Gasteiger partial charge in [-0.25, -0.2) is 0 Å². The van der Waals surface area contributed by atoms with Crippen molar-refractivity contribution in [1.82, 2.24) is 5.32 Å². The summed E-state index contributed by atoms with van der Waals surface area (Å²) in [6, 6.07) is -0.300. The van der Waals surface area contributed by atoms with Crippen molar-refractivity contribution >= 4 is 16.1 Å². The fourth-order valence-electron chi connectivity index (χ4n) is 1.46. The maximum absolute atomic E-state index is 11.0. The monoisotopic (exact) mass is 281 g/mol. The molecule has 18 heavy (non-hydrogen) atoms. The third kappa shape index (κ3) is 6.01. The van der Waals surface area contributed by atoms with Gasteiger partial charge in [0.15, 0.2) is 0 Å². The molecule has 0 bridgehead atoms. The first-order valence-electron chi connectivity index (χ1n) is 5.64. The topological polar surface area (TPSA) is 124 Å². The van der Waals surface area contributed by atoms with E-state index in [-0.39, 0.29) is 19.2 Å². The van der Waals surface area contributed by atoms with Crippen molar-refractivity contribution in [2.24, 2.45) is 5.92 Å². The molecule has 9 heteroatoms. The molecule has 0 aliphatic rings. The van der Waals surface area contributed by atoms with E-state index in [0.29, 0.717) is 12.3 Å². The minimum absolute atomic E-state index is 0.165. The first-order chi connectivity index (χ1) is 8.24. The van der Waals surface area contributed by atoms with Gasteiger partial charge in [-0.2, -0.15) is 0 Å². The van der Waals surface area contributed by atoms with Crippen LogP contribution in [-0.4, -0.2) is 60.9 Å². The summed E-state index contributed by atoms with van der Waals surface area (Å²) in [5.41, 5.74) is -2.15. The molecule has 0 spiro atoms. The van der Waals surface area contributed by atoms with E-state index < -0.39 is 27.7 Å². The van der Waals surface area contributed by atoms with Gasteiger partial charge in [-0.3, -0.25) is 0 Å². The van der Waals surface area contributed by atoms with Crippen molar-refractivity contribution in [3.05, 3.63) is 0 Å². The Balaban J connectivity index is 4.32. The van der Waals surface area contributed by atoms with Gasteiger partial charge in [-0.1, -0.05) is 0 Å². The molecule has 0 rings (SSSR count). The Kier molecular flexibility index (Phi) is 7.80. The number of rotatable bonds is 9. The third-order valence-electron chi connectivity index (χ3n) is 2.39. The summed E-state index contributed by atoms with van der Waals surface area (Å²) in [6.45, 7) is 3.51. The second-order valence-corrected chi connectivity index (χ2v) is 6.41. The third-order valence-corrected chi connectivity index (χ3v) is 3.65. The summed E-state index contributed by atoms with van der Waals surface area (Å²) in [5.74, 6) is 0.315. The maximum atomic E-state index is 11.0. The van der Waals surface area contributed by atoms with Gasteiger partial charge < -0.3 is 0 Å². The molecule has 0 aliphatic heterocycles. The SMILES string of the molecule is CC(C)CC(CO)NCC(O)C(O)S(=O)(=O)B=O. The molecule has 7 nitrogen and oxygen atoms in total. The van der Waals surface area contributed by atoms with E-state index in [2.05, 4.69) is 5.32 Å². The van der Waals surface area contributed by atoms with Crippen LogP contribution in [0.15, 0.2) is 0 Å². The van der Waals surface area contributed by atoms with Crippen molar-refractivity contribution in [3.63, 3.8) is 0 Å². The van der Waals surface area contributed by atoms with Crippen LogP contribution in [0.3, 0.4) is 0 Å². The standard InChI is InChI=1S/C9H20BNO6S/c1-6(2)3-7(5-12)11-4-8(13)9(14)18(16,17)10-15/h6-9,11-14H,3-5H2,1-2H3. The van der Waals surface area contributed by atoms with Crippen LogP contribution in [0.5, 0.6) is 0 Å². The van der Waals surface area contributed by atoms with Crippen molar-refractivity contribution in [2.75, 3.05) is 13.2 Å². The van der Waals surface area contributed by atoms with Crippen LogP contribution >= 0.6 is 0 Å². The molecular formula is C9H20BNO6S. The van der Waals surface area contributed by atoms with Gasteiger partial charge in [0, 0.05) is 0 Å². The summed E-state index contributed by atoms with van der Waals surface area (Å²) in [4.78, 5) is 0. The van der Waals surface area contributed by atoms with E-state index in [1.54, 1.807) is 0 Å². The van der Waals surface area contributed by atoms with Crippen LogP contribution in [0, 0.1) is 5.92 Å². The fourth-order valence-corrected chi connectivity index (χ4v) is 2.10. The van der Waals surface area contributed by atoms with E-state index >= 15 is 0 Å². The average Bonchev–Trinajstić information content (AvgIpc) is 2.32. The first-order valence-corrected chi connectivity index (χ1v) is 7.25. The van der Waals surface area contributed by atoms with Gasteiger partial charge in [0.25, 0.3) is 0 Å². The number of hydrogen-bond donors (Lipinski definition) is 4.